The highest BCUT2D eigenvalue weighted by Gasteiger charge is 2.34. The highest BCUT2D eigenvalue weighted by atomic mass is 79.9. The van der Waals surface area contributed by atoms with Crippen LogP contribution in [0.25, 0.3) is 5.69 Å². The Morgan fingerprint density at radius 1 is 0.880 bits per heavy atom. The summed E-state index contributed by atoms with van der Waals surface area (Å²) >= 11 is 9.83. The molecule has 1 N–H and O–H groups in total. The smallest absolute Gasteiger partial charge is 0.264 e. The molecule has 2 aliphatic rings. The lowest BCUT2D eigenvalue weighted by molar-refractivity contribution is 0.0535. The standard InChI is InChI=1S/C40H39BrClN5O3/c1-27-21-30(39(49)47(33-10-8-32(42)9-11-33)34-12-14-36(48)15-13-34)25-45(27)38-23-31(41)7-16-37(38)40(50)46-24-29-6-4-3-5-28(29)22-35(46)26-44-19-17-43(2)18-20-44/h3-16,21,23,25,35,48H,17-20,22,24,26H2,1-2H3/t35-/m0/s1. The van der Waals surface area contributed by atoms with E-state index in [-0.39, 0.29) is 23.6 Å². The van der Waals surface area contributed by atoms with Crippen molar-refractivity contribution in [3.05, 3.63) is 141 Å². The fourth-order valence-corrected chi connectivity index (χ4v) is 7.49. The second-order valence-electron chi connectivity index (χ2n) is 13.2. The van der Waals surface area contributed by atoms with Gasteiger partial charge in [-0.2, -0.15) is 0 Å². The molecule has 0 saturated carbocycles. The van der Waals surface area contributed by atoms with Crippen LogP contribution in [-0.2, 0) is 13.0 Å². The van der Waals surface area contributed by atoms with Gasteiger partial charge in [-0.25, -0.2) is 0 Å². The number of aromatic hydroxyl groups is 1. The number of nitrogens with zero attached hydrogens (tertiary/aromatic N) is 5. The first-order chi connectivity index (χ1) is 24.1. The maximum Gasteiger partial charge on any atom is 0.264 e. The number of aromatic nitrogens is 1. The monoisotopic (exact) mass is 751 g/mol. The van der Waals surface area contributed by atoms with Crippen molar-refractivity contribution in [2.24, 2.45) is 0 Å². The third-order valence-corrected chi connectivity index (χ3v) is 10.5. The molecule has 2 aliphatic heterocycles. The van der Waals surface area contributed by atoms with E-state index in [4.69, 9.17) is 11.6 Å². The Hall–Kier alpha value is -4.41. The predicted octanol–water partition coefficient (Wildman–Crippen LogP) is 7.70. The molecule has 0 unspecified atom stereocenters. The number of aryl methyl sites for hydroxylation is 1. The topological polar surface area (TPSA) is 72.3 Å². The Balaban J connectivity index is 1.24. The number of hydrogen-bond acceptors (Lipinski definition) is 5. The second kappa shape index (κ2) is 14.4. The molecule has 1 atom stereocenters. The fourth-order valence-electron chi connectivity index (χ4n) is 7.01. The van der Waals surface area contributed by atoms with Crippen LogP contribution >= 0.6 is 27.5 Å². The molecule has 0 radical (unpaired) electrons. The summed E-state index contributed by atoms with van der Waals surface area (Å²) < 4.78 is 2.75. The van der Waals surface area contributed by atoms with E-state index in [2.05, 4.69) is 51.0 Å². The Morgan fingerprint density at radius 2 is 1.54 bits per heavy atom. The summed E-state index contributed by atoms with van der Waals surface area (Å²) in [6.45, 7) is 7.30. The molecule has 3 heterocycles. The zero-order chi connectivity index (χ0) is 34.9. The van der Waals surface area contributed by atoms with E-state index in [0.717, 1.165) is 49.3 Å². The van der Waals surface area contributed by atoms with Crippen molar-refractivity contribution in [3.8, 4) is 11.4 Å². The minimum atomic E-state index is -0.261. The van der Waals surface area contributed by atoms with E-state index < -0.39 is 0 Å². The third kappa shape index (κ3) is 7.09. The van der Waals surface area contributed by atoms with Gasteiger partial charge in [-0.05, 0) is 104 Å². The lowest BCUT2D eigenvalue weighted by Crippen LogP contribution is -2.53. The van der Waals surface area contributed by atoms with Crippen LogP contribution in [0.1, 0.15) is 37.5 Å². The first-order valence-electron chi connectivity index (χ1n) is 16.8. The molecule has 5 aromatic rings. The van der Waals surface area contributed by atoms with Crippen molar-refractivity contribution >= 4 is 50.7 Å². The van der Waals surface area contributed by atoms with Crippen LogP contribution < -0.4 is 4.90 Å². The third-order valence-electron chi connectivity index (χ3n) is 9.79. The van der Waals surface area contributed by atoms with Gasteiger partial charge in [0, 0.05) is 78.1 Å². The van der Waals surface area contributed by atoms with Crippen LogP contribution in [-0.4, -0.2) is 82.0 Å². The summed E-state index contributed by atoms with van der Waals surface area (Å²) in [7, 11) is 2.16. The van der Waals surface area contributed by atoms with Gasteiger partial charge < -0.3 is 19.5 Å². The molecule has 0 spiro atoms. The number of anilines is 2. The van der Waals surface area contributed by atoms with E-state index >= 15 is 0 Å². The average Bonchev–Trinajstić information content (AvgIpc) is 3.51. The molecule has 2 amide bonds. The molecule has 256 valence electrons. The lowest BCUT2D eigenvalue weighted by atomic mass is 9.92. The normalized spacial score (nSPS) is 16.6. The number of carbonyl (C=O) groups excluding carboxylic acids is 2. The van der Waals surface area contributed by atoms with Crippen molar-refractivity contribution < 1.29 is 14.7 Å². The number of likely N-dealkylation sites (N-methyl/N-ethyl adjacent to an activating group) is 1. The van der Waals surface area contributed by atoms with Gasteiger partial charge in [-0.15, -0.1) is 0 Å². The molecule has 0 aliphatic carbocycles. The lowest BCUT2D eigenvalue weighted by Gasteiger charge is -2.41. The van der Waals surface area contributed by atoms with Gasteiger partial charge in [0.2, 0.25) is 0 Å². The molecule has 10 heteroatoms. The average molecular weight is 753 g/mol. The summed E-state index contributed by atoms with van der Waals surface area (Å²) in [5.41, 5.74) is 6.22. The number of amides is 2. The summed E-state index contributed by atoms with van der Waals surface area (Å²) in [6.07, 6.45) is 2.60. The van der Waals surface area contributed by atoms with E-state index in [1.807, 2.05) is 46.7 Å². The second-order valence-corrected chi connectivity index (χ2v) is 14.6. The zero-order valence-electron chi connectivity index (χ0n) is 28.1. The maximum atomic E-state index is 14.8. The van der Waals surface area contributed by atoms with Gasteiger partial charge in [0.15, 0.2) is 0 Å². The van der Waals surface area contributed by atoms with E-state index in [1.165, 1.54) is 11.1 Å². The molecule has 50 heavy (non-hydrogen) atoms. The van der Waals surface area contributed by atoms with Crippen molar-refractivity contribution in [3.63, 3.8) is 0 Å². The van der Waals surface area contributed by atoms with Crippen molar-refractivity contribution in [2.45, 2.75) is 25.9 Å². The Labute approximate surface area is 306 Å². The number of piperazine rings is 1. The quantitative estimate of drug-likeness (QED) is 0.185. The first kappa shape index (κ1) is 34.1. The van der Waals surface area contributed by atoms with Gasteiger partial charge in [0.05, 0.1) is 16.8 Å². The fraction of sp³-hybridized carbons (Fsp3) is 0.250. The van der Waals surface area contributed by atoms with Crippen LogP contribution in [0.5, 0.6) is 5.75 Å². The van der Waals surface area contributed by atoms with Crippen LogP contribution in [0.3, 0.4) is 0 Å². The minimum absolute atomic E-state index is 0.0263. The summed E-state index contributed by atoms with van der Waals surface area (Å²) in [4.78, 5) is 37.6. The van der Waals surface area contributed by atoms with Gasteiger partial charge >= 0.3 is 0 Å². The van der Waals surface area contributed by atoms with Gasteiger partial charge in [-0.1, -0.05) is 51.8 Å². The Kier molecular flexibility index (Phi) is 9.84. The Bertz CT molecular complexity index is 1980. The number of carbonyl (C=O) groups is 2. The zero-order valence-corrected chi connectivity index (χ0v) is 30.4. The van der Waals surface area contributed by atoms with Crippen LogP contribution in [0, 0.1) is 6.92 Å². The van der Waals surface area contributed by atoms with E-state index in [0.29, 0.717) is 39.8 Å². The predicted molar refractivity (Wildman–Crippen MR) is 202 cm³/mol. The highest BCUT2D eigenvalue weighted by Crippen LogP contribution is 2.33. The van der Waals surface area contributed by atoms with E-state index in [9.17, 15) is 14.7 Å². The number of hydrogen-bond donors (Lipinski definition) is 1. The van der Waals surface area contributed by atoms with Crippen molar-refractivity contribution in [1.82, 2.24) is 19.3 Å². The minimum Gasteiger partial charge on any atom is -0.508 e. The largest absolute Gasteiger partial charge is 0.508 e. The van der Waals surface area contributed by atoms with Crippen molar-refractivity contribution in [1.29, 1.82) is 0 Å². The van der Waals surface area contributed by atoms with Gasteiger partial charge in [-0.3, -0.25) is 19.4 Å². The van der Waals surface area contributed by atoms with Crippen LogP contribution in [0.4, 0.5) is 11.4 Å². The summed E-state index contributed by atoms with van der Waals surface area (Å²) in [6, 6.07) is 29.6. The molecular weight excluding hydrogens is 714 g/mol. The molecule has 7 rings (SSSR count). The number of rotatable bonds is 7. The van der Waals surface area contributed by atoms with Crippen LogP contribution in [0.2, 0.25) is 5.02 Å². The molecule has 1 fully saturated rings. The highest BCUT2D eigenvalue weighted by molar-refractivity contribution is 9.10. The molecule has 0 bridgehead atoms. The molecule has 8 nitrogen and oxygen atoms in total. The van der Waals surface area contributed by atoms with Gasteiger partial charge in [0.1, 0.15) is 5.75 Å². The summed E-state index contributed by atoms with van der Waals surface area (Å²) in [5.74, 6) is -0.189. The number of phenolic OH excluding ortho intramolecular Hbond substituents is 1. The number of benzene rings is 4. The van der Waals surface area contributed by atoms with Crippen molar-refractivity contribution in [2.75, 3.05) is 44.7 Å². The summed E-state index contributed by atoms with van der Waals surface area (Å²) in [5, 5.41) is 10.5. The van der Waals surface area contributed by atoms with Crippen LogP contribution in [0.15, 0.2) is 108 Å². The molecule has 1 aromatic heterocycles. The maximum absolute atomic E-state index is 14.8. The Morgan fingerprint density at radius 3 is 2.24 bits per heavy atom. The number of halogens is 2. The molecular formula is C40H39BrClN5O3. The molecule has 1 saturated heterocycles. The van der Waals surface area contributed by atoms with Gasteiger partial charge in [0.25, 0.3) is 11.8 Å². The van der Waals surface area contributed by atoms with E-state index in [1.54, 1.807) is 59.6 Å². The number of phenols is 1. The molecule has 4 aromatic carbocycles. The number of fused-ring (bicyclic) bond motifs is 1. The first-order valence-corrected chi connectivity index (χ1v) is 18.0. The SMILES string of the molecule is Cc1cc(C(=O)N(c2ccc(O)cc2)c2ccc(Cl)cc2)cn1-c1cc(Br)ccc1C(=O)N1Cc2ccccc2C[C@H]1CN1CCN(C)CC1.